The molecule has 1 aliphatic rings. The lowest BCUT2D eigenvalue weighted by Gasteiger charge is -2.35. The average Bonchev–Trinajstić information content (AvgIpc) is 2.32. The Kier molecular flexibility index (Phi) is 3.57. The molecule has 0 bridgehead atoms. The number of amides is 1. The molecule has 1 heterocycles. The fourth-order valence-corrected chi connectivity index (χ4v) is 2.22. The maximum atomic E-state index is 11.8. The highest BCUT2D eigenvalue weighted by molar-refractivity contribution is 6.31. The van der Waals surface area contributed by atoms with Crippen molar-refractivity contribution in [2.75, 3.05) is 31.1 Å². The lowest BCUT2D eigenvalue weighted by molar-refractivity contribution is -0.130. The first-order valence-corrected chi connectivity index (χ1v) is 6.28. The van der Waals surface area contributed by atoms with Gasteiger partial charge in [0.15, 0.2) is 0 Å². The van der Waals surface area contributed by atoms with Crippen LogP contribution in [0.3, 0.4) is 0 Å². The Bertz CT molecular complexity index is 433. The fraction of sp³-hybridized carbons (Fsp3) is 0.462. The summed E-state index contributed by atoms with van der Waals surface area (Å²) in [4.78, 5) is 15.8. The minimum Gasteiger partial charge on any atom is -0.360 e. The van der Waals surface area contributed by atoms with Gasteiger partial charge in [0.2, 0.25) is 5.91 Å². The Labute approximate surface area is 107 Å². The zero-order chi connectivity index (χ0) is 12.4. The largest absolute Gasteiger partial charge is 0.360 e. The highest BCUT2D eigenvalue weighted by atomic mass is 35.5. The van der Waals surface area contributed by atoms with Gasteiger partial charge in [-0.1, -0.05) is 17.7 Å². The number of piperazine rings is 1. The van der Waals surface area contributed by atoms with E-state index in [9.17, 15) is 4.79 Å². The van der Waals surface area contributed by atoms with Gasteiger partial charge in [0, 0.05) is 30.3 Å². The van der Waals surface area contributed by atoms with E-state index in [2.05, 4.69) is 4.90 Å². The number of hydrogen-bond donors (Lipinski definition) is 0. The number of aryl methyl sites for hydroxylation is 1. The summed E-state index contributed by atoms with van der Waals surface area (Å²) >= 11 is 6.10. The van der Waals surface area contributed by atoms with Crippen molar-refractivity contribution in [3.05, 3.63) is 28.8 Å². The van der Waals surface area contributed by atoms with E-state index in [0.29, 0.717) is 6.54 Å². The van der Waals surface area contributed by atoms with Crippen molar-refractivity contribution in [2.24, 2.45) is 0 Å². The standard InChI is InChI=1S/C13H17ClN2O/c1-3-15-6-7-16(9-13(15)17)11-5-4-10(2)12(14)8-11/h4-5,8H,3,6-7,9H2,1-2H3. The molecule has 2 rings (SSSR count). The molecule has 0 aromatic heterocycles. The van der Waals surface area contributed by atoms with Crippen molar-refractivity contribution < 1.29 is 4.79 Å². The first-order chi connectivity index (χ1) is 8.11. The third-order valence-corrected chi connectivity index (χ3v) is 3.63. The van der Waals surface area contributed by atoms with Crippen molar-refractivity contribution in [2.45, 2.75) is 13.8 Å². The van der Waals surface area contributed by atoms with Gasteiger partial charge >= 0.3 is 0 Å². The molecule has 0 aliphatic carbocycles. The lowest BCUT2D eigenvalue weighted by atomic mass is 10.2. The number of benzene rings is 1. The molecule has 92 valence electrons. The Hall–Kier alpha value is -1.22. The molecule has 3 nitrogen and oxygen atoms in total. The van der Waals surface area contributed by atoms with Gasteiger partial charge in [0.1, 0.15) is 0 Å². The predicted octanol–water partition coefficient (Wildman–Crippen LogP) is 2.32. The normalized spacial score (nSPS) is 16.5. The van der Waals surface area contributed by atoms with Crippen LogP contribution >= 0.6 is 11.6 Å². The molecule has 0 saturated carbocycles. The van der Waals surface area contributed by atoms with Gasteiger partial charge in [-0.15, -0.1) is 0 Å². The highest BCUT2D eigenvalue weighted by Crippen LogP contribution is 2.24. The van der Waals surface area contributed by atoms with E-state index < -0.39 is 0 Å². The zero-order valence-corrected chi connectivity index (χ0v) is 11.0. The summed E-state index contributed by atoms with van der Waals surface area (Å²) in [6.45, 7) is 6.90. The number of rotatable bonds is 2. The average molecular weight is 253 g/mol. The van der Waals surface area contributed by atoms with Crippen LogP contribution in [0.5, 0.6) is 0 Å². The van der Waals surface area contributed by atoms with Gasteiger partial charge < -0.3 is 9.80 Å². The number of likely N-dealkylation sites (N-methyl/N-ethyl adjacent to an activating group) is 1. The molecule has 1 aromatic carbocycles. The molecule has 17 heavy (non-hydrogen) atoms. The van der Waals surface area contributed by atoms with E-state index >= 15 is 0 Å². The van der Waals surface area contributed by atoms with Crippen LogP contribution in [0.25, 0.3) is 0 Å². The lowest BCUT2D eigenvalue weighted by Crippen LogP contribution is -2.50. The van der Waals surface area contributed by atoms with Crippen LogP contribution in [0.15, 0.2) is 18.2 Å². The van der Waals surface area contributed by atoms with E-state index in [1.54, 1.807) is 0 Å². The van der Waals surface area contributed by atoms with E-state index in [1.165, 1.54) is 0 Å². The Morgan fingerprint density at radius 2 is 2.12 bits per heavy atom. The highest BCUT2D eigenvalue weighted by Gasteiger charge is 2.22. The van der Waals surface area contributed by atoms with Crippen molar-refractivity contribution in [3.63, 3.8) is 0 Å². The van der Waals surface area contributed by atoms with Crippen LogP contribution < -0.4 is 4.90 Å². The monoisotopic (exact) mass is 252 g/mol. The zero-order valence-electron chi connectivity index (χ0n) is 10.2. The number of anilines is 1. The van der Waals surface area contributed by atoms with Gasteiger partial charge in [0.05, 0.1) is 6.54 Å². The second kappa shape index (κ2) is 4.96. The van der Waals surface area contributed by atoms with Crippen LogP contribution in [-0.2, 0) is 4.79 Å². The molecule has 4 heteroatoms. The molecule has 1 amide bonds. The van der Waals surface area contributed by atoms with Gasteiger partial charge in [-0.3, -0.25) is 4.79 Å². The minimum atomic E-state index is 0.190. The summed E-state index contributed by atoms with van der Waals surface area (Å²) < 4.78 is 0. The van der Waals surface area contributed by atoms with Gasteiger partial charge in [-0.05, 0) is 31.5 Å². The van der Waals surface area contributed by atoms with E-state index in [1.807, 2.05) is 36.9 Å². The van der Waals surface area contributed by atoms with Gasteiger partial charge in [-0.25, -0.2) is 0 Å². The fourth-order valence-electron chi connectivity index (χ4n) is 2.04. The van der Waals surface area contributed by atoms with Crippen LogP contribution in [-0.4, -0.2) is 37.0 Å². The number of halogens is 1. The molecule has 0 radical (unpaired) electrons. The van der Waals surface area contributed by atoms with Crippen LogP contribution in [0.1, 0.15) is 12.5 Å². The van der Waals surface area contributed by atoms with Crippen LogP contribution in [0.4, 0.5) is 5.69 Å². The molecule has 0 N–H and O–H groups in total. The molecular formula is C13H17ClN2O. The summed E-state index contributed by atoms with van der Waals surface area (Å²) in [5.41, 5.74) is 2.10. The summed E-state index contributed by atoms with van der Waals surface area (Å²) in [6, 6.07) is 5.95. The van der Waals surface area contributed by atoms with Gasteiger partial charge in [0.25, 0.3) is 0 Å². The molecule has 1 aromatic rings. The summed E-state index contributed by atoms with van der Waals surface area (Å²) in [5.74, 6) is 0.190. The summed E-state index contributed by atoms with van der Waals surface area (Å²) in [6.07, 6.45) is 0. The summed E-state index contributed by atoms with van der Waals surface area (Å²) in [7, 11) is 0. The van der Waals surface area contributed by atoms with Crippen LogP contribution in [0, 0.1) is 6.92 Å². The quantitative estimate of drug-likeness (QED) is 0.807. The second-order valence-corrected chi connectivity index (χ2v) is 4.74. The van der Waals surface area contributed by atoms with E-state index in [0.717, 1.165) is 35.9 Å². The first-order valence-electron chi connectivity index (χ1n) is 5.90. The van der Waals surface area contributed by atoms with Crippen molar-refractivity contribution in [1.29, 1.82) is 0 Å². The maximum absolute atomic E-state index is 11.8. The topological polar surface area (TPSA) is 23.6 Å². The number of nitrogens with zero attached hydrogens (tertiary/aromatic N) is 2. The van der Waals surface area contributed by atoms with Crippen LogP contribution in [0.2, 0.25) is 5.02 Å². The van der Waals surface area contributed by atoms with E-state index in [4.69, 9.17) is 11.6 Å². The van der Waals surface area contributed by atoms with Crippen molar-refractivity contribution >= 4 is 23.2 Å². The molecule has 1 aliphatic heterocycles. The number of carbonyl (C=O) groups excluding carboxylic acids is 1. The Morgan fingerprint density at radius 3 is 2.71 bits per heavy atom. The molecule has 0 spiro atoms. The third-order valence-electron chi connectivity index (χ3n) is 3.22. The molecule has 1 fully saturated rings. The SMILES string of the molecule is CCN1CCN(c2ccc(C)c(Cl)c2)CC1=O. The minimum absolute atomic E-state index is 0.190. The predicted molar refractivity (Wildman–Crippen MR) is 70.7 cm³/mol. The van der Waals surface area contributed by atoms with E-state index in [-0.39, 0.29) is 5.91 Å². The molecule has 1 saturated heterocycles. The van der Waals surface area contributed by atoms with Gasteiger partial charge in [-0.2, -0.15) is 0 Å². The number of carbonyl (C=O) groups is 1. The smallest absolute Gasteiger partial charge is 0.242 e. The molecule has 0 atom stereocenters. The number of hydrogen-bond acceptors (Lipinski definition) is 2. The maximum Gasteiger partial charge on any atom is 0.242 e. The molecular weight excluding hydrogens is 236 g/mol. The van der Waals surface area contributed by atoms with Crippen molar-refractivity contribution in [1.82, 2.24) is 4.90 Å². The Morgan fingerprint density at radius 1 is 1.35 bits per heavy atom. The third kappa shape index (κ3) is 2.55. The van der Waals surface area contributed by atoms with Crippen molar-refractivity contribution in [3.8, 4) is 0 Å². The summed E-state index contributed by atoms with van der Waals surface area (Å²) in [5, 5.41) is 0.757. The molecule has 0 unspecified atom stereocenters. The first kappa shape index (κ1) is 12.2. The second-order valence-electron chi connectivity index (χ2n) is 4.33. The Balaban J connectivity index is 2.14.